The molecule has 0 radical (unpaired) electrons. The Bertz CT molecular complexity index is 1010. The number of benzene rings is 3. The minimum Gasteiger partial charge on any atom is -0.493 e. The predicted octanol–water partition coefficient (Wildman–Crippen LogP) is 5.14. The van der Waals surface area contributed by atoms with Crippen LogP contribution in [0.1, 0.15) is 23.5 Å². The van der Waals surface area contributed by atoms with Crippen molar-refractivity contribution in [1.29, 1.82) is 0 Å². The highest BCUT2D eigenvalue weighted by molar-refractivity contribution is 7.80. The molecule has 4 rings (SSSR count). The van der Waals surface area contributed by atoms with E-state index >= 15 is 0 Å². The molecule has 0 aromatic heterocycles. The molecule has 0 spiro atoms. The molecule has 5 heteroatoms. The van der Waals surface area contributed by atoms with E-state index in [2.05, 4.69) is 35.6 Å². The summed E-state index contributed by atoms with van der Waals surface area (Å²) in [7, 11) is 4.88. The fourth-order valence-corrected chi connectivity index (χ4v) is 4.07. The van der Waals surface area contributed by atoms with Crippen molar-refractivity contribution in [3.63, 3.8) is 0 Å². The molecule has 1 aliphatic heterocycles. The molecule has 0 aliphatic carbocycles. The molecular formula is C22H21NO3S. The van der Waals surface area contributed by atoms with Gasteiger partial charge in [0.15, 0.2) is 11.5 Å². The maximum Gasteiger partial charge on any atom is 0.203 e. The summed E-state index contributed by atoms with van der Waals surface area (Å²) in [6, 6.07) is 16.7. The minimum atomic E-state index is 0.118. The smallest absolute Gasteiger partial charge is 0.203 e. The van der Waals surface area contributed by atoms with E-state index in [0.717, 1.165) is 22.7 Å². The molecule has 0 bridgehead atoms. The molecule has 1 N–H and O–H groups in total. The van der Waals surface area contributed by atoms with E-state index < -0.39 is 0 Å². The van der Waals surface area contributed by atoms with Gasteiger partial charge in [-0.1, -0.05) is 48.6 Å². The number of fused-ring (bicyclic) bond motifs is 3. The van der Waals surface area contributed by atoms with Gasteiger partial charge < -0.3 is 19.5 Å². The Kier molecular flexibility index (Phi) is 4.62. The number of hydrogen-bond donors (Lipinski definition) is 1. The van der Waals surface area contributed by atoms with Gasteiger partial charge in [-0.2, -0.15) is 0 Å². The molecule has 1 atom stereocenters. The number of ether oxygens (including phenoxy) is 3. The third kappa shape index (κ3) is 2.98. The fourth-order valence-electron chi connectivity index (χ4n) is 3.80. The van der Waals surface area contributed by atoms with Gasteiger partial charge in [-0.3, -0.25) is 0 Å². The molecule has 4 nitrogen and oxygen atoms in total. The number of anilines is 1. The lowest BCUT2D eigenvalue weighted by atomic mass is 9.83. The molecule has 138 valence electrons. The van der Waals surface area contributed by atoms with Gasteiger partial charge in [0.05, 0.1) is 32.0 Å². The zero-order valence-electron chi connectivity index (χ0n) is 15.5. The summed E-state index contributed by atoms with van der Waals surface area (Å²) in [4.78, 5) is 0.831. The van der Waals surface area contributed by atoms with Gasteiger partial charge in [0.2, 0.25) is 5.75 Å². The van der Waals surface area contributed by atoms with Gasteiger partial charge in [-0.25, -0.2) is 0 Å². The third-order valence-corrected chi connectivity index (χ3v) is 5.35. The summed E-state index contributed by atoms with van der Waals surface area (Å²) in [6.07, 6.45) is 0.735. The second kappa shape index (κ2) is 7.08. The van der Waals surface area contributed by atoms with Crippen molar-refractivity contribution in [3.8, 4) is 17.2 Å². The van der Waals surface area contributed by atoms with Crippen LogP contribution in [0.15, 0.2) is 48.5 Å². The summed E-state index contributed by atoms with van der Waals surface area (Å²) in [6.45, 7) is 0. The Morgan fingerprint density at radius 1 is 0.926 bits per heavy atom. The van der Waals surface area contributed by atoms with E-state index in [1.807, 2.05) is 18.2 Å². The van der Waals surface area contributed by atoms with E-state index in [4.69, 9.17) is 26.4 Å². The van der Waals surface area contributed by atoms with Crippen LogP contribution in [0.2, 0.25) is 0 Å². The number of hydrogen-bond acceptors (Lipinski definition) is 4. The number of rotatable bonds is 4. The summed E-state index contributed by atoms with van der Waals surface area (Å²) in [5.74, 6) is 2.02. The molecule has 1 heterocycles. The van der Waals surface area contributed by atoms with E-state index in [0.29, 0.717) is 17.2 Å². The largest absolute Gasteiger partial charge is 0.493 e. The van der Waals surface area contributed by atoms with Crippen LogP contribution >= 0.6 is 12.2 Å². The molecule has 27 heavy (non-hydrogen) atoms. The second-order valence-electron chi connectivity index (χ2n) is 6.51. The minimum absolute atomic E-state index is 0.118. The SMILES string of the molecule is COc1cc(C2CC(=S)Nc3c2ccc2ccccc32)cc(OC)c1OC. The fraction of sp³-hybridized carbons (Fsp3) is 0.227. The lowest BCUT2D eigenvalue weighted by Gasteiger charge is -2.29. The predicted molar refractivity (Wildman–Crippen MR) is 113 cm³/mol. The topological polar surface area (TPSA) is 39.7 Å². The van der Waals surface area contributed by atoms with Gasteiger partial charge in [0, 0.05) is 17.7 Å². The molecule has 0 saturated heterocycles. The normalized spacial score (nSPS) is 15.8. The zero-order valence-corrected chi connectivity index (χ0v) is 16.4. The van der Waals surface area contributed by atoms with E-state index in [-0.39, 0.29) is 5.92 Å². The van der Waals surface area contributed by atoms with Crippen molar-refractivity contribution in [2.75, 3.05) is 26.6 Å². The van der Waals surface area contributed by atoms with Crippen molar-refractivity contribution in [1.82, 2.24) is 0 Å². The Morgan fingerprint density at radius 2 is 1.63 bits per heavy atom. The summed E-state index contributed by atoms with van der Waals surface area (Å²) in [5.41, 5.74) is 3.39. The van der Waals surface area contributed by atoms with Crippen LogP contribution < -0.4 is 19.5 Å². The first-order chi connectivity index (χ1) is 13.2. The average molecular weight is 379 g/mol. The average Bonchev–Trinajstić information content (AvgIpc) is 2.71. The van der Waals surface area contributed by atoms with Crippen molar-refractivity contribution in [3.05, 3.63) is 59.7 Å². The third-order valence-electron chi connectivity index (χ3n) is 5.08. The van der Waals surface area contributed by atoms with Crippen LogP contribution in [0, 0.1) is 0 Å². The van der Waals surface area contributed by atoms with Crippen molar-refractivity contribution < 1.29 is 14.2 Å². The first-order valence-electron chi connectivity index (χ1n) is 8.77. The highest BCUT2D eigenvalue weighted by Crippen LogP contribution is 2.46. The Balaban J connectivity index is 1.91. The maximum atomic E-state index is 5.59. The van der Waals surface area contributed by atoms with Crippen molar-refractivity contribution in [2.24, 2.45) is 0 Å². The maximum absolute atomic E-state index is 5.59. The van der Waals surface area contributed by atoms with Crippen molar-refractivity contribution >= 4 is 33.7 Å². The highest BCUT2D eigenvalue weighted by atomic mass is 32.1. The Labute approximate surface area is 164 Å². The number of nitrogens with one attached hydrogen (secondary N) is 1. The van der Waals surface area contributed by atoms with Crippen LogP contribution in [0.3, 0.4) is 0 Å². The standard InChI is InChI=1S/C22H21NO3S/c1-24-18-10-14(11-19(25-2)22(18)26-3)17-12-20(27)23-21-15-7-5-4-6-13(15)8-9-16(17)21/h4-11,17H,12H2,1-3H3,(H,23,27). The summed E-state index contributed by atoms with van der Waals surface area (Å²) in [5, 5.41) is 5.79. The van der Waals surface area contributed by atoms with Gasteiger partial charge in [0.1, 0.15) is 0 Å². The van der Waals surface area contributed by atoms with Crippen LogP contribution in [-0.4, -0.2) is 26.3 Å². The molecule has 3 aromatic carbocycles. The van der Waals surface area contributed by atoms with Gasteiger partial charge in [-0.15, -0.1) is 0 Å². The highest BCUT2D eigenvalue weighted by Gasteiger charge is 2.28. The van der Waals surface area contributed by atoms with Crippen LogP contribution in [0.5, 0.6) is 17.2 Å². The summed E-state index contributed by atoms with van der Waals surface area (Å²) < 4.78 is 16.5. The molecule has 0 fully saturated rings. The Morgan fingerprint density at radius 3 is 2.30 bits per heavy atom. The van der Waals surface area contributed by atoms with Crippen LogP contribution in [0.25, 0.3) is 10.8 Å². The molecule has 1 unspecified atom stereocenters. The monoisotopic (exact) mass is 379 g/mol. The molecule has 0 amide bonds. The lowest BCUT2D eigenvalue weighted by molar-refractivity contribution is 0.323. The molecular weight excluding hydrogens is 358 g/mol. The van der Waals surface area contributed by atoms with Crippen LogP contribution in [0.4, 0.5) is 5.69 Å². The first-order valence-corrected chi connectivity index (χ1v) is 9.18. The molecule has 1 aliphatic rings. The van der Waals surface area contributed by atoms with E-state index in [1.54, 1.807) is 21.3 Å². The van der Waals surface area contributed by atoms with Gasteiger partial charge >= 0.3 is 0 Å². The van der Waals surface area contributed by atoms with E-state index in [9.17, 15) is 0 Å². The summed E-state index contributed by atoms with van der Waals surface area (Å²) >= 11 is 5.59. The lowest BCUT2D eigenvalue weighted by Crippen LogP contribution is -2.22. The number of thiocarbonyl (C=S) groups is 1. The van der Waals surface area contributed by atoms with Crippen molar-refractivity contribution in [2.45, 2.75) is 12.3 Å². The van der Waals surface area contributed by atoms with Gasteiger partial charge in [-0.05, 0) is 28.6 Å². The van der Waals surface area contributed by atoms with Gasteiger partial charge in [0.25, 0.3) is 0 Å². The Hall–Kier alpha value is -2.79. The quantitative estimate of drug-likeness (QED) is 0.636. The molecule has 3 aromatic rings. The first kappa shape index (κ1) is 17.6. The zero-order chi connectivity index (χ0) is 19.0. The van der Waals surface area contributed by atoms with E-state index in [1.165, 1.54) is 16.3 Å². The molecule has 0 saturated carbocycles. The second-order valence-corrected chi connectivity index (χ2v) is 7.01. The number of methoxy groups -OCH3 is 3. The van der Waals surface area contributed by atoms with Crippen LogP contribution in [-0.2, 0) is 0 Å².